The number of anilines is 1. The van der Waals surface area contributed by atoms with Crippen LogP contribution in [0.3, 0.4) is 0 Å². The van der Waals surface area contributed by atoms with Crippen LogP contribution in [0.4, 0.5) is 5.69 Å². The summed E-state index contributed by atoms with van der Waals surface area (Å²) in [5.41, 5.74) is 4.14. The van der Waals surface area contributed by atoms with Crippen LogP contribution in [0.5, 0.6) is 0 Å². The maximum absolute atomic E-state index is 11.6. The molecule has 1 fully saturated rings. The predicted octanol–water partition coefficient (Wildman–Crippen LogP) is 7.33. The van der Waals surface area contributed by atoms with Crippen LogP contribution in [0.25, 0.3) is 0 Å². The van der Waals surface area contributed by atoms with E-state index in [1.54, 1.807) is 0 Å². The number of halogens is 1. The van der Waals surface area contributed by atoms with Crippen LogP contribution in [-0.4, -0.2) is 29.8 Å². The third kappa shape index (κ3) is 9.33. The summed E-state index contributed by atoms with van der Waals surface area (Å²) in [6.07, 6.45) is 10.5. The van der Waals surface area contributed by atoms with Gasteiger partial charge in [-0.1, -0.05) is 48.9 Å². The van der Waals surface area contributed by atoms with E-state index in [-0.39, 0.29) is 18.1 Å². The van der Waals surface area contributed by atoms with E-state index in [0.29, 0.717) is 25.9 Å². The summed E-state index contributed by atoms with van der Waals surface area (Å²) in [5, 5.41) is 14.2. The summed E-state index contributed by atoms with van der Waals surface area (Å²) in [4.78, 5) is 11.6. The van der Waals surface area contributed by atoms with Crippen molar-refractivity contribution in [3.05, 3.63) is 88.2 Å². The zero-order valence-electron chi connectivity index (χ0n) is 22.2. The lowest BCUT2D eigenvalue weighted by atomic mass is 9.92. The van der Waals surface area contributed by atoms with Crippen molar-refractivity contribution in [3.63, 3.8) is 0 Å². The van der Waals surface area contributed by atoms with E-state index in [9.17, 15) is 9.90 Å². The Hall–Kier alpha value is -2.60. The minimum Gasteiger partial charge on any atom is -0.494 e. The highest BCUT2D eigenvalue weighted by Gasteiger charge is 2.29. The highest BCUT2D eigenvalue weighted by Crippen LogP contribution is 2.35. The molecule has 3 rings (SSSR count). The van der Waals surface area contributed by atoms with Gasteiger partial charge in [-0.15, -0.1) is 0 Å². The smallest absolute Gasteiger partial charge is 0.224 e. The number of aryl methyl sites for hydroxylation is 2. The minimum absolute atomic E-state index is 0.00886. The molecule has 1 amide bonds. The van der Waals surface area contributed by atoms with E-state index in [0.717, 1.165) is 53.3 Å². The SMILES string of the molecule is CC=C(C=CCCc1cc(C2CC(O)CC(CCc3ccc(NC(=O)CC)cc3)O2)ccc1Cl)OCC. The van der Waals surface area contributed by atoms with Crippen LogP contribution in [0.15, 0.2) is 66.5 Å². The molecule has 2 aromatic carbocycles. The number of hydrogen-bond acceptors (Lipinski definition) is 4. The average Bonchev–Trinajstić information content (AvgIpc) is 2.90. The molecule has 5 nitrogen and oxygen atoms in total. The summed E-state index contributed by atoms with van der Waals surface area (Å²) in [6.45, 7) is 6.43. The van der Waals surface area contributed by atoms with Gasteiger partial charge in [-0.3, -0.25) is 4.79 Å². The Morgan fingerprint density at radius 2 is 1.95 bits per heavy atom. The van der Waals surface area contributed by atoms with Crippen LogP contribution >= 0.6 is 11.6 Å². The molecule has 6 heteroatoms. The van der Waals surface area contributed by atoms with Crippen molar-refractivity contribution in [2.75, 3.05) is 11.9 Å². The number of carbonyl (C=O) groups is 1. The van der Waals surface area contributed by atoms with E-state index >= 15 is 0 Å². The molecule has 0 bridgehead atoms. The normalized spacial score (nSPS) is 20.2. The number of carbonyl (C=O) groups excluding carboxylic acids is 1. The quantitative estimate of drug-likeness (QED) is 0.225. The standard InChI is InChI=1S/C31H40ClNO4/c1-4-27(36-6-3)10-8-7-9-23-19-24(14-18-29(23)32)30-21-26(34)20-28(37-30)17-13-22-11-15-25(16-12-22)33-31(35)5-2/h4,8,10-12,14-16,18-19,26,28,30,34H,5-7,9,13,17,20-21H2,1-3H3,(H,33,35). The second-order valence-electron chi connectivity index (χ2n) is 9.43. The average molecular weight is 526 g/mol. The third-order valence-electron chi connectivity index (χ3n) is 6.59. The molecule has 0 saturated carbocycles. The number of hydrogen-bond donors (Lipinski definition) is 2. The molecule has 3 unspecified atom stereocenters. The molecule has 2 aromatic rings. The highest BCUT2D eigenvalue weighted by molar-refractivity contribution is 6.31. The fraction of sp³-hybridized carbons (Fsp3) is 0.452. The molecule has 1 saturated heterocycles. The van der Waals surface area contributed by atoms with Gasteiger partial charge in [0.2, 0.25) is 5.91 Å². The predicted molar refractivity (Wildman–Crippen MR) is 151 cm³/mol. The first-order valence-electron chi connectivity index (χ1n) is 13.4. The first-order chi connectivity index (χ1) is 17.9. The van der Waals surface area contributed by atoms with Gasteiger partial charge < -0.3 is 19.9 Å². The van der Waals surface area contributed by atoms with Crippen molar-refractivity contribution in [2.24, 2.45) is 0 Å². The van der Waals surface area contributed by atoms with Crippen molar-refractivity contribution in [1.29, 1.82) is 0 Å². The summed E-state index contributed by atoms with van der Waals surface area (Å²) in [5.74, 6) is 0.881. The van der Waals surface area contributed by atoms with E-state index in [1.165, 1.54) is 5.56 Å². The van der Waals surface area contributed by atoms with E-state index in [4.69, 9.17) is 21.1 Å². The number of amides is 1. The van der Waals surface area contributed by atoms with Crippen LogP contribution < -0.4 is 5.32 Å². The second kappa shape index (κ2) is 15.0. The molecule has 3 atom stereocenters. The number of aliphatic hydroxyl groups is 1. The highest BCUT2D eigenvalue weighted by atomic mass is 35.5. The molecule has 0 spiro atoms. The molecule has 37 heavy (non-hydrogen) atoms. The molecule has 200 valence electrons. The lowest BCUT2D eigenvalue weighted by Gasteiger charge is -2.34. The molecular weight excluding hydrogens is 486 g/mol. The summed E-state index contributed by atoms with van der Waals surface area (Å²) >= 11 is 6.50. The zero-order chi connectivity index (χ0) is 26.6. The van der Waals surface area contributed by atoms with Gasteiger partial charge in [0, 0.05) is 23.6 Å². The Morgan fingerprint density at radius 3 is 2.65 bits per heavy atom. The Morgan fingerprint density at radius 1 is 1.16 bits per heavy atom. The van der Waals surface area contributed by atoms with Crippen molar-refractivity contribution < 1.29 is 19.4 Å². The molecule has 1 heterocycles. The fourth-order valence-corrected chi connectivity index (χ4v) is 4.75. The van der Waals surface area contributed by atoms with Crippen LogP contribution in [0.2, 0.25) is 5.02 Å². The molecule has 1 aliphatic rings. The van der Waals surface area contributed by atoms with Crippen molar-refractivity contribution in [2.45, 2.75) is 84.0 Å². The third-order valence-corrected chi connectivity index (χ3v) is 6.96. The van der Waals surface area contributed by atoms with Gasteiger partial charge in [-0.2, -0.15) is 0 Å². The van der Waals surface area contributed by atoms with E-state index in [2.05, 4.69) is 17.5 Å². The Balaban J connectivity index is 1.57. The molecule has 1 aliphatic heterocycles. The van der Waals surface area contributed by atoms with Crippen molar-refractivity contribution in [1.82, 2.24) is 0 Å². The molecule has 2 N–H and O–H groups in total. The van der Waals surface area contributed by atoms with Crippen molar-refractivity contribution >= 4 is 23.2 Å². The fourth-order valence-electron chi connectivity index (χ4n) is 4.54. The lowest BCUT2D eigenvalue weighted by Crippen LogP contribution is -2.31. The summed E-state index contributed by atoms with van der Waals surface area (Å²) in [6, 6.07) is 14.0. The maximum Gasteiger partial charge on any atom is 0.224 e. The van der Waals surface area contributed by atoms with Crippen molar-refractivity contribution in [3.8, 4) is 0 Å². The van der Waals surface area contributed by atoms with Gasteiger partial charge in [0.15, 0.2) is 0 Å². The molecule has 0 radical (unpaired) electrons. The first kappa shape index (κ1) is 29.0. The number of rotatable bonds is 12. The Kier molecular flexibility index (Phi) is 11.7. The van der Waals surface area contributed by atoms with Gasteiger partial charge in [0.1, 0.15) is 5.76 Å². The Bertz CT molecular complexity index is 1060. The number of allylic oxidation sites excluding steroid dienone is 3. The summed E-state index contributed by atoms with van der Waals surface area (Å²) < 4.78 is 12.0. The van der Waals surface area contributed by atoms with E-state index in [1.807, 2.05) is 69.3 Å². The second-order valence-corrected chi connectivity index (χ2v) is 9.83. The number of nitrogens with one attached hydrogen (secondary N) is 1. The first-order valence-corrected chi connectivity index (χ1v) is 13.8. The number of aliphatic hydroxyl groups excluding tert-OH is 1. The van der Waals surface area contributed by atoms with Crippen LogP contribution in [0, 0.1) is 0 Å². The topological polar surface area (TPSA) is 67.8 Å². The van der Waals surface area contributed by atoms with E-state index < -0.39 is 6.10 Å². The van der Waals surface area contributed by atoms with Crippen LogP contribution in [0.1, 0.15) is 75.7 Å². The molecular formula is C31H40ClNO4. The van der Waals surface area contributed by atoms with Gasteiger partial charge in [0.25, 0.3) is 0 Å². The van der Waals surface area contributed by atoms with Gasteiger partial charge in [-0.05, 0) is 93.0 Å². The molecule has 0 aliphatic carbocycles. The van der Waals surface area contributed by atoms with Gasteiger partial charge >= 0.3 is 0 Å². The zero-order valence-corrected chi connectivity index (χ0v) is 23.0. The summed E-state index contributed by atoms with van der Waals surface area (Å²) in [7, 11) is 0. The number of benzene rings is 2. The van der Waals surface area contributed by atoms with Crippen LogP contribution in [-0.2, 0) is 27.1 Å². The number of ether oxygens (including phenoxy) is 2. The molecule has 0 aromatic heterocycles. The van der Waals surface area contributed by atoms with Gasteiger partial charge in [0.05, 0.1) is 24.9 Å². The van der Waals surface area contributed by atoms with Gasteiger partial charge in [-0.25, -0.2) is 0 Å². The monoisotopic (exact) mass is 525 g/mol. The largest absolute Gasteiger partial charge is 0.494 e. The minimum atomic E-state index is -0.393. The maximum atomic E-state index is 11.6. The Labute approximate surface area is 226 Å². The lowest BCUT2D eigenvalue weighted by molar-refractivity contribution is -0.115.